The first-order valence-corrected chi connectivity index (χ1v) is 20.6. The van der Waals surface area contributed by atoms with Crippen molar-refractivity contribution < 1.29 is 28.7 Å². The van der Waals surface area contributed by atoms with Crippen molar-refractivity contribution in [2.24, 2.45) is 26.2 Å². The normalized spacial score (nSPS) is 17.0. The van der Waals surface area contributed by atoms with E-state index in [1.807, 2.05) is 30.0 Å². The Hall–Kier alpha value is -6.82. The van der Waals surface area contributed by atoms with Crippen LogP contribution >= 0.6 is 0 Å². The molecule has 2 aromatic carbocycles. The minimum atomic E-state index is -0.745. The number of pyridine rings is 2. The van der Waals surface area contributed by atoms with Gasteiger partial charge in [0.25, 0.3) is 0 Å². The highest BCUT2D eigenvalue weighted by Crippen LogP contribution is 2.36. The minimum Gasteiger partial charge on any atom is -0.423 e. The number of esters is 2. The third-order valence-corrected chi connectivity index (χ3v) is 10.3. The Morgan fingerprint density at radius 2 is 1.28 bits per heavy atom. The van der Waals surface area contributed by atoms with Gasteiger partial charge in [0.05, 0.1) is 25.7 Å². The molecule has 0 saturated carbocycles. The van der Waals surface area contributed by atoms with Gasteiger partial charge in [-0.1, -0.05) is 18.2 Å². The summed E-state index contributed by atoms with van der Waals surface area (Å²) >= 11 is 0. The average molecular weight is 879 g/mol. The Balaban J connectivity index is 1.15. The quantitative estimate of drug-likeness (QED) is 0.0536. The second kappa shape index (κ2) is 22.0. The van der Waals surface area contributed by atoms with Gasteiger partial charge < -0.3 is 47.5 Å². The maximum atomic E-state index is 13.4. The van der Waals surface area contributed by atoms with Gasteiger partial charge in [-0.25, -0.2) is 9.97 Å². The van der Waals surface area contributed by atoms with Crippen molar-refractivity contribution in [2.45, 2.75) is 19.0 Å². The number of nitrogens with two attached hydrogens (primary N) is 3. The minimum absolute atomic E-state index is 0.0108. The van der Waals surface area contributed by atoms with Gasteiger partial charge in [-0.2, -0.15) is 0 Å². The van der Waals surface area contributed by atoms with Crippen LogP contribution in [-0.2, 0) is 19.2 Å². The van der Waals surface area contributed by atoms with Crippen molar-refractivity contribution >= 4 is 69.8 Å². The number of likely N-dealkylation sites (N-methyl/N-ethyl adjacent to an activating group) is 3. The number of ether oxygens (including phenoxy) is 2. The standard InChI is InChI=1S/C42H54N16O6/c1-26(43)42(62)50-36-14-11-30(41(45)49-36)53-54-31-21-27(9-12-34(31)64-38(60)24-57-18-15-55(3)16-19-57)32-23-58(20-17-56(32)4)25-39(61)63-33-8-6-5-7-28(33)51-52-29-10-13-35(48-40(29)44)47-37(59)22-46-2/h5-14,21,26,32,46H,15-20,22-25,43H2,1-4H3,(H3,44,47,48,59)(H3,45,49,50,62)/t26-,32?/m0/s1. The molecule has 9 N–H and O–H groups in total. The van der Waals surface area contributed by atoms with Gasteiger partial charge in [-0.3, -0.25) is 33.9 Å². The summed E-state index contributed by atoms with van der Waals surface area (Å²) in [4.78, 5) is 67.4. The number of azo groups is 2. The number of carbonyl (C=O) groups excluding carboxylic acids is 4. The van der Waals surface area contributed by atoms with Crippen LogP contribution in [0.4, 0.5) is 46.0 Å². The highest BCUT2D eigenvalue weighted by atomic mass is 16.5. The largest absolute Gasteiger partial charge is 0.423 e. The average Bonchev–Trinajstić information content (AvgIpc) is 3.25. The van der Waals surface area contributed by atoms with Crippen LogP contribution in [0.15, 0.2) is 87.2 Å². The Morgan fingerprint density at radius 3 is 1.91 bits per heavy atom. The van der Waals surface area contributed by atoms with E-state index in [1.165, 1.54) is 6.07 Å². The van der Waals surface area contributed by atoms with Gasteiger partial charge >= 0.3 is 11.9 Å². The molecule has 338 valence electrons. The van der Waals surface area contributed by atoms with Crippen molar-refractivity contribution in [1.29, 1.82) is 0 Å². The first-order valence-electron chi connectivity index (χ1n) is 20.6. The summed E-state index contributed by atoms with van der Waals surface area (Å²) in [7, 11) is 5.69. The number of rotatable bonds is 16. The van der Waals surface area contributed by atoms with Crippen molar-refractivity contribution in [3.05, 3.63) is 72.3 Å². The number of nitrogens with zero attached hydrogens (tertiary/aromatic N) is 10. The third kappa shape index (κ3) is 13.1. The lowest BCUT2D eigenvalue weighted by Gasteiger charge is -2.39. The van der Waals surface area contributed by atoms with Gasteiger partial charge in [0, 0.05) is 51.9 Å². The second-order valence-corrected chi connectivity index (χ2v) is 15.4. The van der Waals surface area contributed by atoms with Gasteiger partial charge in [-0.15, -0.1) is 20.5 Å². The van der Waals surface area contributed by atoms with Crippen LogP contribution in [0.3, 0.4) is 0 Å². The van der Waals surface area contributed by atoms with Gasteiger partial charge in [0.15, 0.2) is 23.1 Å². The Bertz CT molecular complexity index is 2370. The Kier molecular flexibility index (Phi) is 16.0. The molecule has 2 saturated heterocycles. The summed E-state index contributed by atoms with van der Waals surface area (Å²) < 4.78 is 11.7. The van der Waals surface area contributed by atoms with Crippen molar-refractivity contribution in [3.63, 3.8) is 0 Å². The number of carbonyl (C=O) groups is 4. The zero-order valence-electron chi connectivity index (χ0n) is 36.2. The number of hydrogen-bond acceptors (Lipinski definition) is 20. The van der Waals surface area contributed by atoms with Crippen LogP contribution in [-0.4, -0.2) is 146 Å². The fourth-order valence-electron chi connectivity index (χ4n) is 6.69. The highest BCUT2D eigenvalue weighted by Gasteiger charge is 2.29. The molecule has 0 aliphatic carbocycles. The molecule has 64 heavy (non-hydrogen) atoms. The number of amides is 2. The van der Waals surface area contributed by atoms with E-state index in [1.54, 1.807) is 68.6 Å². The summed E-state index contributed by atoms with van der Waals surface area (Å²) in [6.07, 6.45) is 0. The van der Waals surface area contributed by atoms with Crippen LogP contribution in [0.5, 0.6) is 11.5 Å². The first kappa shape index (κ1) is 46.7. The first-order chi connectivity index (χ1) is 30.7. The van der Waals surface area contributed by atoms with Gasteiger partial charge in [0.1, 0.15) is 34.4 Å². The molecule has 6 rings (SSSR count). The number of benzene rings is 2. The topological polar surface area (TPSA) is 289 Å². The lowest BCUT2D eigenvalue weighted by Crippen LogP contribution is -2.48. The van der Waals surface area contributed by atoms with E-state index in [9.17, 15) is 19.2 Å². The summed E-state index contributed by atoms with van der Waals surface area (Å²) in [6, 6.07) is 17.3. The molecule has 4 aromatic rings. The number of para-hydroxylation sites is 1. The molecule has 2 aliphatic rings. The summed E-state index contributed by atoms with van der Waals surface area (Å²) in [5.41, 5.74) is 19.8. The maximum Gasteiger partial charge on any atom is 0.325 e. The summed E-state index contributed by atoms with van der Waals surface area (Å²) in [5, 5.41) is 25.3. The Labute approximate surface area is 370 Å². The zero-order valence-corrected chi connectivity index (χ0v) is 36.2. The van der Waals surface area contributed by atoms with Gasteiger partial charge in [0.2, 0.25) is 11.8 Å². The van der Waals surface area contributed by atoms with Crippen LogP contribution in [0, 0.1) is 0 Å². The number of hydrogen-bond donors (Lipinski definition) is 6. The van der Waals surface area contributed by atoms with Crippen molar-refractivity contribution in [3.8, 4) is 11.5 Å². The molecule has 22 nitrogen and oxygen atoms in total. The fraction of sp³-hybridized carbons (Fsp3) is 0.381. The molecule has 2 amide bonds. The second-order valence-electron chi connectivity index (χ2n) is 15.4. The molecular formula is C42H54N16O6. The van der Waals surface area contributed by atoms with Gasteiger partial charge in [-0.05, 0) is 82.2 Å². The van der Waals surface area contributed by atoms with E-state index in [0.29, 0.717) is 25.3 Å². The molecule has 2 atom stereocenters. The molecule has 0 radical (unpaired) electrons. The zero-order chi connectivity index (χ0) is 45.8. The van der Waals surface area contributed by atoms with E-state index < -0.39 is 23.9 Å². The van der Waals surface area contributed by atoms with Crippen LogP contribution in [0.1, 0.15) is 18.5 Å². The predicted octanol–water partition coefficient (Wildman–Crippen LogP) is 2.96. The monoisotopic (exact) mass is 878 g/mol. The van der Waals surface area contributed by atoms with Crippen molar-refractivity contribution in [2.75, 3.05) is 109 Å². The van der Waals surface area contributed by atoms with E-state index in [4.69, 9.17) is 26.7 Å². The number of nitrogens with one attached hydrogen (secondary N) is 3. The molecule has 2 aliphatic heterocycles. The molecular weight excluding hydrogens is 825 g/mol. The number of anilines is 4. The molecule has 4 heterocycles. The lowest BCUT2D eigenvalue weighted by molar-refractivity contribution is -0.137. The Morgan fingerprint density at radius 1 is 0.719 bits per heavy atom. The molecule has 22 heteroatoms. The van der Waals surface area contributed by atoms with Crippen molar-refractivity contribution in [1.82, 2.24) is 34.9 Å². The third-order valence-electron chi connectivity index (χ3n) is 10.3. The van der Waals surface area contributed by atoms with Crippen LogP contribution in [0.2, 0.25) is 0 Å². The number of aromatic nitrogens is 2. The summed E-state index contributed by atoms with van der Waals surface area (Å²) in [6.45, 7) is 6.60. The smallest absolute Gasteiger partial charge is 0.325 e. The SMILES string of the molecule is CNCC(=O)Nc1ccc(N=Nc2ccccc2OC(=O)CN2CCN(C)C(c3ccc(OC(=O)CN4CCN(C)CC4)c(N=Nc4ccc(NC(=O)[C@H](C)N)nc4N)c3)C2)c(N)n1. The van der Waals surface area contributed by atoms with E-state index >= 15 is 0 Å². The molecule has 1 unspecified atom stereocenters. The van der Waals surface area contributed by atoms with E-state index in [2.05, 4.69) is 56.2 Å². The fourth-order valence-corrected chi connectivity index (χ4v) is 6.69. The molecule has 0 bridgehead atoms. The summed E-state index contributed by atoms with van der Waals surface area (Å²) in [5.74, 6) is -0.685. The highest BCUT2D eigenvalue weighted by molar-refractivity contribution is 5.94. The predicted molar refractivity (Wildman–Crippen MR) is 240 cm³/mol. The molecule has 2 aromatic heterocycles. The van der Waals surface area contributed by atoms with E-state index in [-0.39, 0.29) is 83.4 Å². The molecule has 0 spiro atoms. The van der Waals surface area contributed by atoms with Crippen LogP contribution < -0.4 is 42.6 Å². The number of piperazine rings is 2. The van der Waals surface area contributed by atoms with E-state index in [0.717, 1.165) is 31.7 Å². The van der Waals surface area contributed by atoms with Crippen LogP contribution in [0.25, 0.3) is 0 Å². The molecule has 2 fully saturated rings. The number of nitrogen functional groups attached to an aromatic ring is 2. The maximum absolute atomic E-state index is 13.4. The lowest BCUT2D eigenvalue weighted by atomic mass is 10.0.